The molecule has 0 atom stereocenters. The van der Waals surface area contributed by atoms with E-state index in [9.17, 15) is 0 Å². The fraction of sp³-hybridized carbons (Fsp3) is 0.368. The summed E-state index contributed by atoms with van der Waals surface area (Å²) >= 11 is 0. The van der Waals surface area contributed by atoms with Crippen LogP contribution in [0.1, 0.15) is 41.0 Å². The summed E-state index contributed by atoms with van der Waals surface area (Å²) in [5, 5.41) is 7.91. The Morgan fingerprint density at radius 1 is 0.800 bits per heavy atom. The van der Waals surface area contributed by atoms with Crippen molar-refractivity contribution < 1.29 is 5.11 Å². The molecule has 1 N–H and O–H groups in total. The first-order chi connectivity index (χ1) is 9.16. The zero-order chi connectivity index (χ0) is 15.8. The van der Waals surface area contributed by atoms with Gasteiger partial charge in [0, 0.05) is 0 Å². The first-order valence-corrected chi connectivity index (χ1v) is 6.10. The molecule has 0 rings (SSSR count). The Kier molecular flexibility index (Phi) is 82.6. The molecule has 0 aliphatic carbocycles. The molecule has 0 aliphatic rings. The third kappa shape index (κ3) is 143. The standard InChI is InChI=1S/2C5H8.C4H6O.C4H6.CH4/c2*1-3-5-4-2;1-2-3-4-5;1-3-4-2;/h2*5H,1,4H2,2H3;3,5H,1,4H2;4H,1H2,2H3;1H4. The van der Waals surface area contributed by atoms with E-state index in [1.807, 2.05) is 19.1 Å². The van der Waals surface area contributed by atoms with Crippen molar-refractivity contribution in [1.82, 2.24) is 0 Å². The van der Waals surface area contributed by atoms with Crippen LogP contribution in [0, 0.1) is 0 Å². The Hall–Kier alpha value is -1.96. The van der Waals surface area contributed by atoms with Crippen LogP contribution in [-0.2, 0) is 0 Å². The van der Waals surface area contributed by atoms with Gasteiger partial charge in [0.2, 0.25) is 0 Å². The molecule has 0 aromatic rings. The minimum Gasteiger partial charge on any atom is -0.392 e. The zero-order valence-corrected chi connectivity index (χ0v) is 12.7. The maximum absolute atomic E-state index is 7.91. The van der Waals surface area contributed by atoms with Crippen LogP contribution >= 0.6 is 0 Å². The van der Waals surface area contributed by atoms with Crippen molar-refractivity contribution in [3.8, 4) is 0 Å². The second-order valence-corrected chi connectivity index (χ2v) is 2.72. The summed E-state index contributed by atoms with van der Waals surface area (Å²) in [7, 11) is 0. The molecule has 0 radical (unpaired) electrons. The van der Waals surface area contributed by atoms with Gasteiger partial charge < -0.3 is 5.11 Å². The quantitative estimate of drug-likeness (QED) is 0.648. The summed E-state index contributed by atoms with van der Waals surface area (Å²) in [4.78, 5) is 0. The van der Waals surface area contributed by atoms with Crippen LogP contribution in [0.4, 0.5) is 0 Å². The highest BCUT2D eigenvalue weighted by Gasteiger charge is 1.50. The highest BCUT2D eigenvalue weighted by Crippen LogP contribution is 1.69. The van der Waals surface area contributed by atoms with E-state index < -0.39 is 0 Å². The first kappa shape index (κ1) is 30.8. The second kappa shape index (κ2) is 53.6. The van der Waals surface area contributed by atoms with Crippen LogP contribution in [0.25, 0.3) is 0 Å². The van der Waals surface area contributed by atoms with Gasteiger partial charge in [0.15, 0.2) is 0 Å². The third-order valence-electron chi connectivity index (χ3n) is 1.14. The van der Waals surface area contributed by atoms with E-state index in [2.05, 4.69) is 63.1 Å². The SMILES string of the molecule is C.C=C=CC.C=C=CCC.C=C=CCC.C=C=CCO. The largest absolute Gasteiger partial charge is 0.392 e. The van der Waals surface area contributed by atoms with E-state index in [0.29, 0.717) is 0 Å². The van der Waals surface area contributed by atoms with E-state index in [0.717, 1.165) is 12.8 Å². The summed E-state index contributed by atoms with van der Waals surface area (Å²) in [5.74, 6) is 0. The first-order valence-electron chi connectivity index (χ1n) is 6.10. The van der Waals surface area contributed by atoms with Crippen LogP contribution in [-0.4, -0.2) is 11.7 Å². The Morgan fingerprint density at radius 3 is 1.10 bits per heavy atom. The van der Waals surface area contributed by atoms with Gasteiger partial charge in [-0.15, -0.1) is 22.9 Å². The van der Waals surface area contributed by atoms with Crippen molar-refractivity contribution >= 4 is 0 Å². The van der Waals surface area contributed by atoms with Gasteiger partial charge in [0.25, 0.3) is 0 Å². The monoisotopic (exact) mass is 276 g/mol. The summed E-state index contributed by atoms with van der Waals surface area (Å²) < 4.78 is 0. The average Bonchev–Trinajstić information content (AvgIpc) is 2.43. The minimum atomic E-state index is 0. The van der Waals surface area contributed by atoms with Gasteiger partial charge >= 0.3 is 0 Å². The van der Waals surface area contributed by atoms with Crippen molar-refractivity contribution in [1.29, 1.82) is 0 Å². The molecule has 0 aliphatic heterocycles. The van der Waals surface area contributed by atoms with Gasteiger partial charge in [0.1, 0.15) is 0 Å². The summed E-state index contributed by atoms with van der Waals surface area (Å²) in [6, 6.07) is 0. The molecular formula is C19H32O. The minimum absolute atomic E-state index is 0. The van der Waals surface area contributed by atoms with Gasteiger partial charge in [-0.1, -0.05) is 47.6 Å². The van der Waals surface area contributed by atoms with Crippen molar-refractivity contribution in [2.24, 2.45) is 0 Å². The van der Waals surface area contributed by atoms with Crippen molar-refractivity contribution in [3.05, 3.63) is 73.5 Å². The van der Waals surface area contributed by atoms with E-state index in [1.54, 1.807) is 6.08 Å². The van der Waals surface area contributed by atoms with Gasteiger partial charge in [-0.25, -0.2) is 0 Å². The molecule has 114 valence electrons. The number of allylic oxidation sites excluding steroid dienone is 3. The summed E-state index contributed by atoms with van der Waals surface area (Å²) in [6.45, 7) is 19.3. The Labute approximate surface area is 127 Å². The number of hydrogen-bond donors (Lipinski definition) is 1. The number of hydrogen-bond acceptors (Lipinski definition) is 1. The Bertz CT molecular complexity index is 282. The lowest BCUT2D eigenvalue weighted by molar-refractivity contribution is 0.343. The number of aliphatic hydroxyl groups is 1. The van der Waals surface area contributed by atoms with Gasteiger partial charge in [-0.2, -0.15) is 0 Å². The molecule has 0 fully saturated rings. The van der Waals surface area contributed by atoms with Crippen LogP contribution in [0.15, 0.2) is 73.5 Å². The van der Waals surface area contributed by atoms with Gasteiger partial charge in [0.05, 0.1) is 6.61 Å². The van der Waals surface area contributed by atoms with Crippen molar-refractivity contribution in [2.45, 2.75) is 41.0 Å². The smallest absolute Gasteiger partial charge is 0.0686 e. The molecule has 0 aromatic carbocycles. The van der Waals surface area contributed by atoms with E-state index in [-0.39, 0.29) is 14.0 Å². The molecule has 0 saturated carbocycles. The molecule has 0 unspecified atom stereocenters. The highest BCUT2D eigenvalue weighted by atomic mass is 16.2. The molecule has 0 bridgehead atoms. The highest BCUT2D eigenvalue weighted by molar-refractivity contribution is 4.73. The summed E-state index contributed by atoms with van der Waals surface area (Å²) in [6.07, 6.45) is 9.08. The molecule has 1 heteroatoms. The van der Waals surface area contributed by atoms with Crippen LogP contribution < -0.4 is 0 Å². The third-order valence-corrected chi connectivity index (χ3v) is 1.14. The number of aliphatic hydroxyl groups excluding tert-OH is 1. The van der Waals surface area contributed by atoms with Crippen molar-refractivity contribution in [3.63, 3.8) is 0 Å². The summed E-state index contributed by atoms with van der Waals surface area (Å²) in [5.41, 5.74) is 10.2. The van der Waals surface area contributed by atoms with Crippen LogP contribution in [0.3, 0.4) is 0 Å². The van der Waals surface area contributed by atoms with Crippen molar-refractivity contribution in [2.75, 3.05) is 6.61 Å². The van der Waals surface area contributed by atoms with Gasteiger partial charge in [-0.05, 0) is 44.1 Å². The van der Waals surface area contributed by atoms with E-state index in [1.165, 1.54) is 6.08 Å². The predicted octanol–water partition coefficient (Wildman–Crippen LogP) is 5.78. The average molecular weight is 276 g/mol. The maximum Gasteiger partial charge on any atom is 0.0686 e. The fourth-order valence-corrected chi connectivity index (χ4v) is 0.353. The molecular weight excluding hydrogens is 244 g/mol. The van der Waals surface area contributed by atoms with E-state index in [4.69, 9.17) is 5.11 Å². The lowest BCUT2D eigenvalue weighted by Crippen LogP contribution is -1.63. The molecule has 0 aromatic heterocycles. The molecule has 0 spiro atoms. The Balaban J connectivity index is -0.0000000494. The van der Waals surface area contributed by atoms with Crippen LogP contribution in [0.5, 0.6) is 0 Å². The molecule has 0 amide bonds. The Morgan fingerprint density at radius 2 is 1.10 bits per heavy atom. The number of rotatable bonds is 3. The lowest BCUT2D eigenvalue weighted by Gasteiger charge is -1.61. The molecule has 0 heterocycles. The molecule has 20 heavy (non-hydrogen) atoms. The normalized spacial score (nSPS) is 5.20. The topological polar surface area (TPSA) is 20.2 Å². The molecule has 0 saturated heterocycles. The van der Waals surface area contributed by atoms with Crippen LogP contribution in [0.2, 0.25) is 0 Å². The fourth-order valence-electron chi connectivity index (χ4n) is 0.353. The maximum atomic E-state index is 7.91. The lowest BCUT2D eigenvalue weighted by atomic mass is 10.5. The van der Waals surface area contributed by atoms with Gasteiger partial charge in [-0.3, -0.25) is 0 Å². The molecule has 1 nitrogen and oxygen atoms in total. The second-order valence-electron chi connectivity index (χ2n) is 2.72. The predicted molar refractivity (Wildman–Crippen MR) is 94.9 cm³/mol. The van der Waals surface area contributed by atoms with E-state index >= 15 is 0 Å². The zero-order valence-electron chi connectivity index (χ0n) is 12.7.